The molecule has 9 nitrogen and oxygen atoms in total. The van der Waals surface area contributed by atoms with E-state index in [1.165, 1.54) is 7.11 Å². The molecule has 196 valence electrons. The van der Waals surface area contributed by atoms with Crippen LogP contribution in [-0.2, 0) is 16.1 Å². The van der Waals surface area contributed by atoms with E-state index in [0.29, 0.717) is 48.8 Å². The Balaban J connectivity index is 1.41. The fourth-order valence-corrected chi connectivity index (χ4v) is 4.46. The minimum atomic E-state index is -0.367. The Morgan fingerprint density at radius 2 is 1.76 bits per heavy atom. The Kier molecular flexibility index (Phi) is 8.58. The average Bonchev–Trinajstić information content (AvgIpc) is 3.28. The van der Waals surface area contributed by atoms with Crippen LogP contribution in [0.2, 0.25) is 0 Å². The summed E-state index contributed by atoms with van der Waals surface area (Å²) in [5.74, 6) is 0.917. The largest absolute Gasteiger partial charge is 0.497 e. The lowest BCUT2D eigenvalue weighted by molar-refractivity contribution is 0.00329. The third kappa shape index (κ3) is 6.36. The highest BCUT2D eigenvalue weighted by Crippen LogP contribution is 2.25. The van der Waals surface area contributed by atoms with Crippen molar-refractivity contribution in [2.75, 3.05) is 46.9 Å². The summed E-state index contributed by atoms with van der Waals surface area (Å²) in [5.41, 5.74) is 3.65. The van der Waals surface area contributed by atoms with Crippen LogP contribution in [0.4, 0.5) is 0 Å². The first-order valence-electron chi connectivity index (χ1n) is 12.3. The Morgan fingerprint density at radius 3 is 2.38 bits per heavy atom. The van der Waals surface area contributed by atoms with Crippen molar-refractivity contribution >= 4 is 11.9 Å². The van der Waals surface area contributed by atoms with Crippen molar-refractivity contribution in [1.82, 2.24) is 15.0 Å². The van der Waals surface area contributed by atoms with Crippen molar-refractivity contribution in [3.05, 3.63) is 82.2 Å². The molecule has 4 rings (SSSR count). The van der Waals surface area contributed by atoms with Crippen LogP contribution < -0.4 is 4.74 Å². The van der Waals surface area contributed by atoms with Gasteiger partial charge in [0.2, 0.25) is 0 Å². The number of carbonyl (C=O) groups excluding carboxylic acids is 2. The van der Waals surface area contributed by atoms with Gasteiger partial charge in [-0.2, -0.15) is 0 Å². The number of carbonyl (C=O) groups is 2. The lowest BCUT2D eigenvalue weighted by Gasteiger charge is -2.36. The maximum Gasteiger partial charge on any atom is 0.337 e. The van der Waals surface area contributed by atoms with Gasteiger partial charge in [0.25, 0.3) is 5.91 Å². The van der Waals surface area contributed by atoms with Crippen LogP contribution in [-0.4, -0.2) is 73.8 Å². The van der Waals surface area contributed by atoms with Gasteiger partial charge < -0.3 is 23.6 Å². The summed E-state index contributed by atoms with van der Waals surface area (Å²) < 4.78 is 21.8. The molecule has 0 unspecified atom stereocenters. The van der Waals surface area contributed by atoms with Gasteiger partial charge in [-0.1, -0.05) is 29.4 Å². The zero-order chi connectivity index (χ0) is 26.4. The molecule has 2 heterocycles. The molecule has 0 radical (unpaired) electrons. The SMILES string of the molecule is COC(=O)c1ccc(CO[C@@H](CN2CCN(C(=O)c3c(C)noc3C)CC2)c2cccc(OC)c2)cc1. The van der Waals surface area contributed by atoms with E-state index in [9.17, 15) is 9.59 Å². The maximum absolute atomic E-state index is 13.0. The minimum Gasteiger partial charge on any atom is -0.497 e. The Hall–Kier alpha value is -3.69. The molecular formula is C28H33N3O6. The maximum atomic E-state index is 13.0. The molecule has 1 amide bonds. The van der Waals surface area contributed by atoms with Gasteiger partial charge in [-0.15, -0.1) is 0 Å². The molecule has 37 heavy (non-hydrogen) atoms. The topological polar surface area (TPSA) is 94.3 Å². The standard InChI is InChI=1S/C28H33N3O6/c1-19-26(20(2)37-29-19)27(32)31-14-12-30(13-15-31)17-25(23-6-5-7-24(16-23)34-3)36-18-21-8-10-22(11-9-21)28(33)35-4/h5-11,16,25H,12-15,17-18H2,1-4H3/t25-/m0/s1. The molecule has 1 aromatic heterocycles. The van der Waals surface area contributed by atoms with Crippen molar-refractivity contribution in [2.24, 2.45) is 0 Å². The highest BCUT2D eigenvalue weighted by molar-refractivity contribution is 5.96. The first-order chi connectivity index (χ1) is 17.9. The third-order valence-corrected chi connectivity index (χ3v) is 6.62. The number of aryl methyl sites for hydroxylation is 2. The first-order valence-corrected chi connectivity index (χ1v) is 12.3. The number of methoxy groups -OCH3 is 2. The van der Waals surface area contributed by atoms with Crippen LogP contribution in [0.5, 0.6) is 5.75 Å². The summed E-state index contributed by atoms with van der Waals surface area (Å²) in [4.78, 5) is 28.9. The number of hydrogen-bond acceptors (Lipinski definition) is 8. The second-order valence-corrected chi connectivity index (χ2v) is 9.06. The number of benzene rings is 2. The summed E-state index contributed by atoms with van der Waals surface area (Å²) in [6, 6.07) is 15.1. The summed E-state index contributed by atoms with van der Waals surface area (Å²) in [7, 11) is 3.01. The van der Waals surface area contributed by atoms with Gasteiger partial charge in [0.1, 0.15) is 17.1 Å². The zero-order valence-corrected chi connectivity index (χ0v) is 21.7. The molecule has 2 aromatic carbocycles. The number of rotatable bonds is 9. The lowest BCUT2D eigenvalue weighted by atomic mass is 10.1. The van der Waals surface area contributed by atoms with E-state index in [4.69, 9.17) is 18.7 Å². The molecule has 1 aliphatic rings. The van der Waals surface area contributed by atoms with Gasteiger partial charge in [0.15, 0.2) is 0 Å². The predicted molar refractivity (Wildman–Crippen MR) is 137 cm³/mol. The number of aromatic nitrogens is 1. The molecule has 1 atom stereocenters. The Labute approximate surface area is 216 Å². The number of esters is 1. The molecule has 1 aliphatic heterocycles. The van der Waals surface area contributed by atoms with Crippen LogP contribution >= 0.6 is 0 Å². The summed E-state index contributed by atoms with van der Waals surface area (Å²) in [5, 5.41) is 3.91. The molecule has 9 heteroatoms. The van der Waals surface area contributed by atoms with E-state index in [1.807, 2.05) is 41.3 Å². The highest BCUT2D eigenvalue weighted by atomic mass is 16.5. The van der Waals surface area contributed by atoms with Crippen LogP contribution in [0, 0.1) is 13.8 Å². The highest BCUT2D eigenvalue weighted by Gasteiger charge is 2.28. The molecule has 0 bridgehead atoms. The van der Waals surface area contributed by atoms with E-state index >= 15 is 0 Å². The van der Waals surface area contributed by atoms with Crippen molar-refractivity contribution in [3.63, 3.8) is 0 Å². The minimum absolute atomic E-state index is 0.0353. The monoisotopic (exact) mass is 507 g/mol. The second kappa shape index (κ2) is 12.0. The van der Waals surface area contributed by atoms with E-state index in [2.05, 4.69) is 10.1 Å². The molecule has 0 N–H and O–H groups in total. The third-order valence-electron chi connectivity index (χ3n) is 6.62. The van der Waals surface area contributed by atoms with Crippen LogP contribution in [0.3, 0.4) is 0 Å². The zero-order valence-electron chi connectivity index (χ0n) is 21.7. The van der Waals surface area contributed by atoms with Gasteiger partial charge >= 0.3 is 5.97 Å². The predicted octanol–water partition coefficient (Wildman–Crippen LogP) is 3.80. The summed E-state index contributed by atoms with van der Waals surface area (Å²) in [6.45, 7) is 7.29. The Morgan fingerprint density at radius 1 is 1.03 bits per heavy atom. The van der Waals surface area contributed by atoms with Crippen LogP contribution in [0.25, 0.3) is 0 Å². The van der Waals surface area contributed by atoms with Crippen molar-refractivity contribution in [2.45, 2.75) is 26.6 Å². The summed E-state index contributed by atoms with van der Waals surface area (Å²) in [6.07, 6.45) is -0.208. The number of ether oxygens (including phenoxy) is 3. The molecule has 0 spiro atoms. The molecule has 3 aromatic rings. The Bertz CT molecular complexity index is 1200. The quantitative estimate of drug-likeness (QED) is 0.404. The molecule has 0 saturated carbocycles. The smallest absolute Gasteiger partial charge is 0.337 e. The fourth-order valence-electron chi connectivity index (χ4n) is 4.46. The average molecular weight is 508 g/mol. The number of hydrogen-bond donors (Lipinski definition) is 0. The second-order valence-electron chi connectivity index (χ2n) is 9.06. The molecular weight excluding hydrogens is 474 g/mol. The lowest BCUT2D eigenvalue weighted by Crippen LogP contribution is -2.49. The van der Waals surface area contributed by atoms with Crippen molar-refractivity contribution < 1.29 is 28.3 Å². The van der Waals surface area contributed by atoms with Crippen molar-refractivity contribution in [3.8, 4) is 5.75 Å². The number of amides is 1. The fraction of sp³-hybridized carbons (Fsp3) is 0.393. The molecule has 1 saturated heterocycles. The number of nitrogens with zero attached hydrogens (tertiary/aromatic N) is 3. The van der Waals surface area contributed by atoms with E-state index in [1.54, 1.807) is 33.1 Å². The van der Waals surface area contributed by atoms with Gasteiger partial charge in [0, 0.05) is 32.7 Å². The number of piperazine rings is 1. The van der Waals surface area contributed by atoms with E-state index in [-0.39, 0.29) is 18.0 Å². The first kappa shape index (κ1) is 26.4. The van der Waals surface area contributed by atoms with E-state index < -0.39 is 0 Å². The van der Waals surface area contributed by atoms with Gasteiger partial charge in [0.05, 0.1) is 38.2 Å². The van der Waals surface area contributed by atoms with Crippen molar-refractivity contribution in [1.29, 1.82) is 0 Å². The molecule has 0 aliphatic carbocycles. The van der Waals surface area contributed by atoms with Gasteiger partial charge in [-0.25, -0.2) is 4.79 Å². The van der Waals surface area contributed by atoms with Crippen LogP contribution in [0.15, 0.2) is 53.1 Å². The van der Waals surface area contributed by atoms with Gasteiger partial charge in [-0.05, 0) is 49.2 Å². The summed E-state index contributed by atoms with van der Waals surface area (Å²) >= 11 is 0. The van der Waals surface area contributed by atoms with E-state index in [0.717, 1.165) is 30.0 Å². The van der Waals surface area contributed by atoms with Gasteiger partial charge in [-0.3, -0.25) is 9.69 Å². The molecule has 1 fully saturated rings. The normalized spacial score (nSPS) is 14.9. The van der Waals surface area contributed by atoms with Crippen LogP contribution in [0.1, 0.15) is 49.4 Å².